The Morgan fingerprint density at radius 2 is 1.68 bits per heavy atom. The molecule has 34 heavy (non-hydrogen) atoms. The minimum Gasteiger partial charge on any atom is -0.497 e. The summed E-state index contributed by atoms with van der Waals surface area (Å²) < 4.78 is 12.3. The second-order valence-electron chi connectivity index (χ2n) is 7.27. The average molecular weight is 450 g/mol. The highest BCUT2D eigenvalue weighted by Gasteiger charge is 2.16. The topological polar surface area (TPSA) is 89.2 Å². The van der Waals surface area contributed by atoms with Crippen molar-refractivity contribution in [1.82, 2.24) is 9.78 Å². The molecular formula is C27H22N4O3. The Balaban J connectivity index is 1.75. The fraction of sp³-hybridized carbons (Fsp3) is 0.0741. The normalized spacial score (nSPS) is 10.9. The summed E-state index contributed by atoms with van der Waals surface area (Å²) in [5.74, 6) is 0.682. The van der Waals surface area contributed by atoms with Crippen LogP contribution >= 0.6 is 0 Å². The van der Waals surface area contributed by atoms with E-state index < -0.39 is 5.91 Å². The Bertz CT molecular complexity index is 1370. The van der Waals surface area contributed by atoms with Gasteiger partial charge in [-0.15, -0.1) is 0 Å². The summed E-state index contributed by atoms with van der Waals surface area (Å²) in [7, 11) is 3.12. The van der Waals surface area contributed by atoms with Gasteiger partial charge in [-0.3, -0.25) is 4.79 Å². The number of carbonyl (C=O) groups is 1. The number of anilines is 1. The summed E-state index contributed by atoms with van der Waals surface area (Å²) in [5, 5.41) is 17.2. The highest BCUT2D eigenvalue weighted by Crippen LogP contribution is 2.28. The summed E-state index contributed by atoms with van der Waals surface area (Å²) in [6.45, 7) is 0. The number of hydrogen-bond donors (Lipinski definition) is 1. The minimum absolute atomic E-state index is 0.0618. The molecule has 1 heterocycles. The van der Waals surface area contributed by atoms with Gasteiger partial charge in [0.25, 0.3) is 5.91 Å². The van der Waals surface area contributed by atoms with E-state index in [1.54, 1.807) is 42.3 Å². The van der Waals surface area contributed by atoms with Crippen LogP contribution in [0, 0.1) is 11.3 Å². The molecular weight excluding hydrogens is 428 g/mol. The van der Waals surface area contributed by atoms with Crippen LogP contribution in [0.4, 0.5) is 5.69 Å². The van der Waals surface area contributed by atoms with Gasteiger partial charge in [-0.05, 0) is 54.6 Å². The number of nitrogens with zero attached hydrogens (tertiary/aromatic N) is 3. The molecule has 4 rings (SSSR count). The first-order chi connectivity index (χ1) is 16.6. The average Bonchev–Trinajstić information content (AvgIpc) is 3.32. The van der Waals surface area contributed by atoms with E-state index in [0.29, 0.717) is 22.7 Å². The van der Waals surface area contributed by atoms with E-state index in [2.05, 4.69) is 5.32 Å². The number of ether oxygens (including phenoxy) is 2. The molecule has 0 radical (unpaired) electrons. The number of hydrogen-bond acceptors (Lipinski definition) is 5. The molecule has 7 heteroatoms. The van der Waals surface area contributed by atoms with E-state index >= 15 is 0 Å². The van der Waals surface area contributed by atoms with Crippen LogP contribution in [0.1, 0.15) is 5.56 Å². The molecule has 0 aliphatic rings. The lowest BCUT2D eigenvalue weighted by Crippen LogP contribution is -2.14. The molecule has 0 saturated heterocycles. The predicted molar refractivity (Wildman–Crippen MR) is 131 cm³/mol. The van der Waals surface area contributed by atoms with Crippen LogP contribution < -0.4 is 14.8 Å². The molecule has 0 fully saturated rings. The van der Waals surface area contributed by atoms with Crippen molar-refractivity contribution in [2.45, 2.75) is 0 Å². The van der Waals surface area contributed by atoms with Gasteiger partial charge in [0.05, 0.1) is 31.3 Å². The van der Waals surface area contributed by atoms with Gasteiger partial charge in [0.1, 0.15) is 23.1 Å². The maximum atomic E-state index is 12.9. The fourth-order valence-corrected chi connectivity index (χ4v) is 3.42. The quantitative estimate of drug-likeness (QED) is 0.312. The van der Waals surface area contributed by atoms with E-state index in [-0.39, 0.29) is 5.57 Å². The molecule has 0 aliphatic carbocycles. The molecule has 4 aromatic rings. The van der Waals surface area contributed by atoms with E-state index in [4.69, 9.17) is 14.6 Å². The Kier molecular flexibility index (Phi) is 6.70. The summed E-state index contributed by atoms with van der Waals surface area (Å²) in [6, 6.07) is 26.1. The van der Waals surface area contributed by atoms with E-state index in [0.717, 1.165) is 17.0 Å². The maximum absolute atomic E-state index is 12.9. The Morgan fingerprint density at radius 1 is 0.971 bits per heavy atom. The van der Waals surface area contributed by atoms with Gasteiger partial charge >= 0.3 is 0 Å². The largest absolute Gasteiger partial charge is 0.497 e. The van der Waals surface area contributed by atoms with Gasteiger partial charge < -0.3 is 14.8 Å². The highest BCUT2D eigenvalue weighted by atomic mass is 16.5. The number of carbonyl (C=O) groups excluding carboxylic acids is 1. The molecule has 0 aliphatic heterocycles. The van der Waals surface area contributed by atoms with Gasteiger partial charge in [0.15, 0.2) is 0 Å². The second kappa shape index (κ2) is 10.2. The number of nitrogens with one attached hydrogen (secondary N) is 1. The predicted octanol–water partition coefficient (Wildman–Crippen LogP) is 5.10. The first-order valence-electron chi connectivity index (χ1n) is 10.5. The lowest BCUT2D eigenvalue weighted by Gasteiger charge is -2.09. The highest BCUT2D eigenvalue weighted by molar-refractivity contribution is 6.10. The van der Waals surface area contributed by atoms with Crippen molar-refractivity contribution >= 4 is 17.7 Å². The molecule has 7 nitrogen and oxygen atoms in total. The summed E-state index contributed by atoms with van der Waals surface area (Å²) >= 11 is 0. The number of amides is 1. The zero-order valence-corrected chi connectivity index (χ0v) is 18.7. The number of methoxy groups -OCH3 is 2. The van der Waals surface area contributed by atoms with Gasteiger partial charge in [-0.2, -0.15) is 10.4 Å². The van der Waals surface area contributed by atoms with Crippen molar-refractivity contribution in [3.8, 4) is 34.5 Å². The standard InChI is InChI=1S/C27H22N4O3/c1-33-23-14-12-19(13-15-23)26-21(18-31(30-26)22-8-4-3-5-9-22)16-20(17-28)27(32)29-24-10-6-7-11-25(24)34-2/h3-16,18H,1-2H3,(H,29,32). The third kappa shape index (κ3) is 4.81. The van der Waals surface area contributed by atoms with Gasteiger partial charge in [0, 0.05) is 17.3 Å². The number of nitriles is 1. The second-order valence-corrected chi connectivity index (χ2v) is 7.27. The molecule has 1 N–H and O–H groups in total. The number of benzene rings is 3. The Hall–Kier alpha value is -4.83. The molecule has 1 aromatic heterocycles. The smallest absolute Gasteiger partial charge is 0.266 e. The summed E-state index contributed by atoms with van der Waals surface area (Å²) in [4.78, 5) is 12.9. The number of rotatable bonds is 7. The van der Waals surface area contributed by atoms with Crippen molar-refractivity contribution < 1.29 is 14.3 Å². The van der Waals surface area contributed by atoms with Crippen molar-refractivity contribution in [2.24, 2.45) is 0 Å². The molecule has 1 amide bonds. The zero-order chi connectivity index (χ0) is 23.9. The summed E-state index contributed by atoms with van der Waals surface area (Å²) in [6.07, 6.45) is 3.33. The van der Waals surface area contributed by atoms with Crippen molar-refractivity contribution in [3.05, 3.63) is 96.2 Å². The van der Waals surface area contributed by atoms with Crippen LogP contribution in [0.15, 0.2) is 90.6 Å². The van der Waals surface area contributed by atoms with Crippen LogP contribution in [0.2, 0.25) is 0 Å². The Morgan fingerprint density at radius 3 is 2.35 bits per heavy atom. The van der Waals surface area contributed by atoms with Gasteiger partial charge in [-0.25, -0.2) is 4.68 Å². The fourth-order valence-electron chi connectivity index (χ4n) is 3.42. The zero-order valence-electron chi connectivity index (χ0n) is 18.7. The molecule has 0 atom stereocenters. The lowest BCUT2D eigenvalue weighted by molar-refractivity contribution is -0.112. The SMILES string of the molecule is COc1ccc(-c2nn(-c3ccccc3)cc2C=C(C#N)C(=O)Nc2ccccc2OC)cc1. The van der Waals surface area contributed by atoms with Crippen LogP contribution in [-0.2, 0) is 4.79 Å². The van der Waals surface area contributed by atoms with Crippen LogP contribution in [0.5, 0.6) is 11.5 Å². The molecule has 3 aromatic carbocycles. The Labute approximate surface area is 197 Å². The van der Waals surface area contributed by atoms with E-state index in [9.17, 15) is 10.1 Å². The monoisotopic (exact) mass is 450 g/mol. The van der Waals surface area contributed by atoms with E-state index in [1.165, 1.54) is 13.2 Å². The number of para-hydroxylation sites is 3. The minimum atomic E-state index is -0.542. The van der Waals surface area contributed by atoms with Crippen molar-refractivity contribution in [3.63, 3.8) is 0 Å². The maximum Gasteiger partial charge on any atom is 0.266 e. The van der Waals surface area contributed by atoms with Gasteiger partial charge in [0.2, 0.25) is 0 Å². The molecule has 168 valence electrons. The third-order valence-electron chi connectivity index (χ3n) is 5.15. The first-order valence-corrected chi connectivity index (χ1v) is 10.5. The molecule has 0 bridgehead atoms. The van der Waals surface area contributed by atoms with Crippen LogP contribution in [-0.4, -0.2) is 29.9 Å². The molecule has 0 saturated carbocycles. The molecule has 0 unspecified atom stereocenters. The van der Waals surface area contributed by atoms with E-state index in [1.807, 2.05) is 60.7 Å². The summed E-state index contributed by atoms with van der Waals surface area (Å²) in [5.41, 5.74) is 3.35. The third-order valence-corrected chi connectivity index (χ3v) is 5.15. The van der Waals surface area contributed by atoms with Crippen molar-refractivity contribution in [1.29, 1.82) is 5.26 Å². The van der Waals surface area contributed by atoms with Crippen molar-refractivity contribution in [2.75, 3.05) is 19.5 Å². The first kappa shape index (κ1) is 22.4. The van der Waals surface area contributed by atoms with Crippen LogP contribution in [0.3, 0.4) is 0 Å². The van der Waals surface area contributed by atoms with Gasteiger partial charge in [-0.1, -0.05) is 30.3 Å². The molecule has 0 spiro atoms. The number of aromatic nitrogens is 2. The lowest BCUT2D eigenvalue weighted by atomic mass is 10.1. The van der Waals surface area contributed by atoms with Crippen LogP contribution in [0.25, 0.3) is 23.0 Å².